The zero-order chi connectivity index (χ0) is 9.84. The second kappa shape index (κ2) is 3.77. The van der Waals surface area contributed by atoms with Crippen LogP contribution in [-0.4, -0.2) is 23.2 Å². The monoisotopic (exact) mass is 183 g/mol. The zero-order valence-corrected chi connectivity index (χ0v) is 6.94. The summed E-state index contributed by atoms with van der Waals surface area (Å²) in [5.74, 6) is -1.10. The molecule has 0 saturated carbocycles. The Morgan fingerprint density at radius 1 is 1.38 bits per heavy atom. The van der Waals surface area contributed by atoms with Crippen LogP contribution in [0, 0.1) is 0 Å². The molecule has 5 heteroatoms. The van der Waals surface area contributed by atoms with Gasteiger partial charge in [0.25, 0.3) is 5.91 Å². The molecule has 1 aromatic carbocycles. The standard InChI is InChI=1S/C8H9NO4/c1-13-9-8(12)5-2-3-6(10)7(11)4-5/h2-4,10-11H,1H3,(H,9,12). The summed E-state index contributed by atoms with van der Waals surface area (Å²) in [6.45, 7) is 0. The highest BCUT2D eigenvalue weighted by Crippen LogP contribution is 2.24. The minimum atomic E-state index is -0.488. The molecule has 13 heavy (non-hydrogen) atoms. The zero-order valence-electron chi connectivity index (χ0n) is 6.94. The summed E-state index contributed by atoms with van der Waals surface area (Å²) in [4.78, 5) is 15.5. The lowest BCUT2D eigenvalue weighted by atomic mass is 10.2. The van der Waals surface area contributed by atoms with Crippen LogP contribution in [-0.2, 0) is 4.84 Å². The number of hydroxylamine groups is 1. The molecule has 1 rings (SSSR count). The molecule has 0 bridgehead atoms. The highest BCUT2D eigenvalue weighted by Gasteiger charge is 2.07. The van der Waals surface area contributed by atoms with Gasteiger partial charge in [-0.2, -0.15) is 0 Å². The SMILES string of the molecule is CONC(=O)c1ccc(O)c(O)c1. The number of benzene rings is 1. The lowest BCUT2D eigenvalue weighted by Crippen LogP contribution is -2.21. The van der Waals surface area contributed by atoms with E-state index in [4.69, 9.17) is 10.2 Å². The maximum atomic E-state index is 11.1. The number of hydrogen-bond donors (Lipinski definition) is 3. The minimum Gasteiger partial charge on any atom is -0.504 e. The van der Waals surface area contributed by atoms with Gasteiger partial charge in [-0.15, -0.1) is 0 Å². The normalized spacial score (nSPS) is 9.62. The van der Waals surface area contributed by atoms with Gasteiger partial charge in [-0.1, -0.05) is 0 Å². The number of phenolic OH excluding ortho intramolecular Hbond substituents is 2. The maximum absolute atomic E-state index is 11.1. The number of phenols is 2. The van der Waals surface area contributed by atoms with Crippen molar-refractivity contribution in [2.45, 2.75) is 0 Å². The van der Waals surface area contributed by atoms with Crippen LogP contribution < -0.4 is 5.48 Å². The number of hydrogen-bond acceptors (Lipinski definition) is 4. The summed E-state index contributed by atoms with van der Waals surface area (Å²) in [7, 11) is 1.30. The predicted molar refractivity (Wildman–Crippen MR) is 44.2 cm³/mol. The highest BCUT2D eigenvalue weighted by atomic mass is 16.6. The van der Waals surface area contributed by atoms with Crippen molar-refractivity contribution < 1.29 is 19.8 Å². The lowest BCUT2D eigenvalue weighted by Gasteiger charge is -2.02. The van der Waals surface area contributed by atoms with Gasteiger partial charge >= 0.3 is 0 Å². The van der Waals surface area contributed by atoms with Gasteiger partial charge in [-0.25, -0.2) is 5.48 Å². The van der Waals surface area contributed by atoms with Gasteiger partial charge < -0.3 is 10.2 Å². The number of amides is 1. The Kier molecular flexibility index (Phi) is 2.71. The number of nitrogens with one attached hydrogen (secondary N) is 1. The summed E-state index contributed by atoms with van der Waals surface area (Å²) < 4.78 is 0. The molecule has 1 aromatic rings. The van der Waals surface area contributed by atoms with Crippen LogP contribution in [0.15, 0.2) is 18.2 Å². The molecule has 0 unspecified atom stereocenters. The molecule has 70 valence electrons. The van der Waals surface area contributed by atoms with Crippen molar-refractivity contribution in [3.05, 3.63) is 23.8 Å². The van der Waals surface area contributed by atoms with Gasteiger partial charge in [0, 0.05) is 5.56 Å². The fourth-order valence-corrected chi connectivity index (χ4v) is 0.816. The van der Waals surface area contributed by atoms with E-state index in [9.17, 15) is 4.79 Å². The Hall–Kier alpha value is -1.75. The van der Waals surface area contributed by atoms with Crippen LogP contribution in [0.4, 0.5) is 0 Å². The first-order valence-electron chi connectivity index (χ1n) is 3.50. The second-order valence-corrected chi connectivity index (χ2v) is 2.34. The van der Waals surface area contributed by atoms with E-state index in [-0.39, 0.29) is 17.1 Å². The molecule has 0 heterocycles. The Bertz CT molecular complexity index is 324. The largest absolute Gasteiger partial charge is 0.504 e. The van der Waals surface area contributed by atoms with Gasteiger partial charge in [-0.05, 0) is 18.2 Å². The minimum absolute atomic E-state index is 0.206. The summed E-state index contributed by atoms with van der Waals surface area (Å²) in [5.41, 5.74) is 2.28. The molecule has 0 aliphatic heterocycles. The third kappa shape index (κ3) is 2.09. The smallest absolute Gasteiger partial charge is 0.274 e. The van der Waals surface area contributed by atoms with Crippen LogP contribution in [0.2, 0.25) is 0 Å². The molecule has 0 aliphatic carbocycles. The van der Waals surface area contributed by atoms with Crippen LogP contribution in [0.5, 0.6) is 11.5 Å². The Balaban J connectivity index is 2.90. The van der Waals surface area contributed by atoms with E-state index in [2.05, 4.69) is 10.3 Å². The van der Waals surface area contributed by atoms with Gasteiger partial charge in [0.1, 0.15) is 0 Å². The summed E-state index contributed by atoms with van der Waals surface area (Å²) in [6, 6.07) is 3.73. The van der Waals surface area contributed by atoms with Crippen molar-refractivity contribution in [3.8, 4) is 11.5 Å². The third-order valence-corrected chi connectivity index (χ3v) is 1.43. The van der Waals surface area contributed by atoms with Crippen molar-refractivity contribution in [1.82, 2.24) is 5.48 Å². The number of carbonyl (C=O) groups excluding carboxylic acids is 1. The molecule has 5 nitrogen and oxygen atoms in total. The first kappa shape index (κ1) is 9.34. The molecule has 0 saturated heterocycles. The molecule has 0 fully saturated rings. The molecule has 0 atom stereocenters. The van der Waals surface area contributed by atoms with Gasteiger partial charge in [0.05, 0.1) is 7.11 Å². The van der Waals surface area contributed by atoms with Crippen LogP contribution in [0.3, 0.4) is 0 Å². The van der Waals surface area contributed by atoms with E-state index in [0.29, 0.717) is 0 Å². The predicted octanol–water partition coefficient (Wildman–Crippen LogP) is 0.389. The number of carbonyl (C=O) groups is 1. The number of rotatable bonds is 2. The van der Waals surface area contributed by atoms with E-state index in [1.54, 1.807) is 0 Å². The fraction of sp³-hybridized carbons (Fsp3) is 0.125. The van der Waals surface area contributed by atoms with E-state index in [1.807, 2.05) is 0 Å². The van der Waals surface area contributed by atoms with Crippen molar-refractivity contribution in [1.29, 1.82) is 0 Å². The van der Waals surface area contributed by atoms with E-state index >= 15 is 0 Å². The van der Waals surface area contributed by atoms with Crippen molar-refractivity contribution in [2.75, 3.05) is 7.11 Å². The van der Waals surface area contributed by atoms with E-state index in [1.165, 1.54) is 19.2 Å². The lowest BCUT2D eigenvalue weighted by molar-refractivity contribution is 0.0537. The molecular weight excluding hydrogens is 174 g/mol. The van der Waals surface area contributed by atoms with Crippen LogP contribution in [0.1, 0.15) is 10.4 Å². The van der Waals surface area contributed by atoms with Crippen molar-refractivity contribution in [3.63, 3.8) is 0 Å². The van der Waals surface area contributed by atoms with Crippen molar-refractivity contribution >= 4 is 5.91 Å². The van der Waals surface area contributed by atoms with E-state index in [0.717, 1.165) is 6.07 Å². The van der Waals surface area contributed by atoms with Crippen molar-refractivity contribution in [2.24, 2.45) is 0 Å². The Morgan fingerprint density at radius 2 is 2.08 bits per heavy atom. The summed E-state index contributed by atoms with van der Waals surface area (Å²) in [5, 5.41) is 18.0. The number of aromatic hydroxyl groups is 2. The molecule has 0 radical (unpaired) electrons. The summed E-state index contributed by atoms with van der Waals surface area (Å²) in [6.07, 6.45) is 0. The second-order valence-electron chi connectivity index (χ2n) is 2.34. The first-order chi connectivity index (χ1) is 6.15. The average molecular weight is 183 g/mol. The van der Waals surface area contributed by atoms with E-state index < -0.39 is 5.91 Å². The fourth-order valence-electron chi connectivity index (χ4n) is 0.816. The molecule has 0 aromatic heterocycles. The first-order valence-corrected chi connectivity index (χ1v) is 3.50. The topological polar surface area (TPSA) is 78.8 Å². The summed E-state index contributed by atoms with van der Waals surface area (Å²) >= 11 is 0. The Morgan fingerprint density at radius 3 is 2.62 bits per heavy atom. The molecule has 3 N–H and O–H groups in total. The van der Waals surface area contributed by atoms with Gasteiger partial charge in [0.15, 0.2) is 11.5 Å². The molecular formula is C8H9NO4. The molecule has 1 amide bonds. The highest BCUT2D eigenvalue weighted by molar-refractivity contribution is 5.94. The van der Waals surface area contributed by atoms with Crippen LogP contribution >= 0.6 is 0 Å². The quantitative estimate of drug-likeness (QED) is 0.457. The Labute approximate surface area is 74.5 Å². The maximum Gasteiger partial charge on any atom is 0.274 e. The molecule has 0 aliphatic rings. The average Bonchev–Trinajstić information content (AvgIpc) is 2.10. The molecule has 0 spiro atoms. The van der Waals surface area contributed by atoms with Gasteiger partial charge in [0.2, 0.25) is 0 Å². The van der Waals surface area contributed by atoms with Crippen LogP contribution in [0.25, 0.3) is 0 Å². The third-order valence-electron chi connectivity index (χ3n) is 1.43. The van der Waals surface area contributed by atoms with Gasteiger partial charge in [-0.3, -0.25) is 9.63 Å².